The maximum absolute atomic E-state index is 12.8. The molecule has 1 aliphatic rings. The minimum atomic E-state index is 0.117. The lowest BCUT2D eigenvalue weighted by atomic mass is 9.71. The number of ether oxygens (including phenoxy) is 1. The minimum absolute atomic E-state index is 0.117. The first-order chi connectivity index (χ1) is 9.35. The minimum Gasteiger partial charge on any atom is -0.493 e. The second kappa shape index (κ2) is 5.58. The Morgan fingerprint density at radius 2 is 2.00 bits per heavy atom. The van der Waals surface area contributed by atoms with Crippen LogP contribution in [0, 0.1) is 11.3 Å². The fourth-order valence-electron chi connectivity index (χ4n) is 2.98. The van der Waals surface area contributed by atoms with Crippen LogP contribution in [0.4, 0.5) is 0 Å². The number of aromatic nitrogens is 2. The molecule has 1 aromatic rings. The van der Waals surface area contributed by atoms with Crippen molar-refractivity contribution >= 4 is 5.78 Å². The van der Waals surface area contributed by atoms with Gasteiger partial charge in [-0.3, -0.25) is 9.48 Å². The summed E-state index contributed by atoms with van der Waals surface area (Å²) in [6.07, 6.45) is 5.82. The Bertz CT molecular complexity index is 479. The summed E-state index contributed by atoms with van der Waals surface area (Å²) in [6, 6.07) is 0.165. The highest BCUT2D eigenvalue weighted by Crippen LogP contribution is 2.40. The van der Waals surface area contributed by atoms with Gasteiger partial charge in [0.05, 0.1) is 13.3 Å². The van der Waals surface area contributed by atoms with Crippen molar-refractivity contribution in [2.45, 2.75) is 59.4 Å². The molecule has 0 atom stereocenters. The molecule has 0 unspecified atom stereocenters. The zero-order valence-corrected chi connectivity index (χ0v) is 13.3. The van der Waals surface area contributed by atoms with Crippen LogP contribution in [-0.4, -0.2) is 22.7 Å². The van der Waals surface area contributed by atoms with E-state index in [1.54, 1.807) is 18.0 Å². The number of carbonyl (C=O) groups excluding carboxylic acids is 1. The van der Waals surface area contributed by atoms with E-state index in [1.807, 2.05) is 13.8 Å². The van der Waals surface area contributed by atoms with Crippen molar-refractivity contribution in [3.8, 4) is 5.75 Å². The number of hydrogen-bond donors (Lipinski definition) is 0. The van der Waals surface area contributed by atoms with E-state index in [-0.39, 0.29) is 17.7 Å². The second-order valence-corrected chi connectivity index (χ2v) is 6.90. The van der Waals surface area contributed by atoms with Gasteiger partial charge in [0.25, 0.3) is 0 Å². The van der Waals surface area contributed by atoms with E-state index in [0.29, 0.717) is 16.9 Å². The van der Waals surface area contributed by atoms with Crippen molar-refractivity contribution in [1.29, 1.82) is 0 Å². The first kappa shape index (κ1) is 15.1. The SMILES string of the molecule is COc1cnn(C(C)C)c1C(=O)C1CCC(C)(C)CC1. The van der Waals surface area contributed by atoms with Gasteiger partial charge < -0.3 is 4.74 Å². The molecule has 1 saturated carbocycles. The standard InChI is InChI=1S/C16H26N2O2/c1-11(2)18-14(13(20-5)10-17-18)15(19)12-6-8-16(3,4)9-7-12/h10-12H,6-9H2,1-5H3. The molecule has 2 rings (SSSR count). The average Bonchev–Trinajstić information content (AvgIpc) is 2.81. The summed E-state index contributed by atoms with van der Waals surface area (Å²) in [5.41, 5.74) is 1.02. The Labute approximate surface area is 121 Å². The largest absolute Gasteiger partial charge is 0.493 e. The third kappa shape index (κ3) is 2.89. The molecule has 0 spiro atoms. The van der Waals surface area contributed by atoms with Crippen molar-refractivity contribution in [1.82, 2.24) is 9.78 Å². The monoisotopic (exact) mass is 278 g/mol. The highest BCUT2D eigenvalue weighted by Gasteiger charge is 2.34. The molecule has 0 aliphatic heterocycles. The smallest absolute Gasteiger partial charge is 0.187 e. The van der Waals surface area contributed by atoms with E-state index >= 15 is 0 Å². The van der Waals surface area contributed by atoms with Crippen molar-refractivity contribution in [3.63, 3.8) is 0 Å². The van der Waals surface area contributed by atoms with Gasteiger partial charge in [0.15, 0.2) is 11.5 Å². The number of rotatable bonds is 4. The molecule has 0 bridgehead atoms. The molecular formula is C16H26N2O2. The number of carbonyl (C=O) groups is 1. The third-order valence-electron chi connectivity index (χ3n) is 4.41. The average molecular weight is 278 g/mol. The normalized spacial score (nSPS) is 19.3. The number of hydrogen-bond acceptors (Lipinski definition) is 3. The van der Waals surface area contributed by atoms with Gasteiger partial charge in [0.2, 0.25) is 0 Å². The van der Waals surface area contributed by atoms with Crippen LogP contribution in [-0.2, 0) is 0 Å². The van der Waals surface area contributed by atoms with Gasteiger partial charge in [-0.05, 0) is 44.9 Å². The molecule has 1 aliphatic carbocycles. The summed E-state index contributed by atoms with van der Waals surface area (Å²) < 4.78 is 7.12. The number of methoxy groups -OCH3 is 1. The van der Waals surface area contributed by atoms with Crippen LogP contribution in [0.5, 0.6) is 5.75 Å². The van der Waals surface area contributed by atoms with Crippen LogP contribution in [0.15, 0.2) is 6.20 Å². The van der Waals surface area contributed by atoms with E-state index in [0.717, 1.165) is 25.7 Å². The molecule has 0 saturated heterocycles. The van der Waals surface area contributed by atoms with Crippen LogP contribution in [0.2, 0.25) is 0 Å². The maximum Gasteiger partial charge on any atom is 0.187 e. The zero-order chi connectivity index (χ0) is 14.9. The molecule has 112 valence electrons. The topological polar surface area (TPSA) is 44.1 Å². The summed E-state index contributed by atoms with van der Waals surface area (Å²) in [5, 5.41) is 4.30. The predicted molar refractivity (Wildman–Crippen MR) is 79.2 cm³/mol. The Hall–Kier alpha value is -1.32. The molecule has 20 heavy (non-hydrogen) atoms. The molecular weight excluding hydrogens is 252 g/mol. The van der Waals surface area contributed by atoms with Crippen LogP contribution in [0.25, 0.3) is 0 Å². The summed E-state index contributed by atoms with van der Waals surface area (Å²) >= 11 is 0. The summed E-state index contributed by atoms with van der Waals surface area (Å²) in [4.78, 5) is 12.8. The molecule has 4 nitrogen and oxygen atoms in total. The lowest BCUT2D eigenvalue weighted by molar-refractivity contribution is 0.0821. The Morgan fingerprint density at radius 1 is 1.40 bits per heavy atom. The molecule has 0 N–H and O–H groups in total. The predicted octanol–water partition coefficient (Wildman–Crippen LogP) is 3.87. The van der Waals surface area contributed by atoms with Crippen LogP contribution >= 0.6 is 0 Å². The molecule has 1 heterocycles. The molecule has 0 amide bonds. The van der Waals surface area contributed by atoms with E-state index in [4.69, 9.17) is 4.74 Å². The van der Waals surface area contributed by atoms with Crippen molar-refractivity contribution in [2.75, 3.05) is 7.11 Å². The van der Waals surface area contributed by atoms with Crippen LogP contribution in [0.1, 0.15) is 69.9 Å². The highest BCUT2D eigenvalue weighted by molar-refractivity contribution is 5.98. The van der Waals surface area contributed by atoms with Crippen LogP contribution < -0.4 is 4.74 Å². The second-order valence-electron chi connectivity index (χ2n) is 6.90. The Morgan fingerprint density at radius 3 is 2.50 bits per heavy atom. The number of Topliss-reactive ketones (excluding diaryl/α,β-unsaturated/α-hetero) is 1. The molecule has 0 aromatic carbocycles. The van der Waals surface area contributed by atoms with E-state index < -0.39 is 0 Å². The molecule has 4 heteroatoms. The number of ketones is 1. The Balaban J connectivity index is 2.23. The van der Waals surface area contributed by atoms with E-state index in [2.05, 4.69) is 18.9 Å². The Kier molecular flexibility index (Phi) is 4.21. The van der Waals surface area contributed by atoms with Gasteiger partial charge in [-0.1, -0.05) is 13.8 Å². The van der Waals surface area contributed by atoms with E-state index in [9.17, 15) is 4.79 Å². The maximum atomic E-state index is 12.8. The van der Waals surface area contributed by atoms with Gasteiger partial charge in [-0.25, -0.2) is 0 Å². The van der Waals surface area contributed by atoms with Crippen molar-refractivity contribution in [3.05, 3.63) is 11.9 Å². The van der Waals surface area contributed by atoms with Crippen LogP contribution in [0.3, 0.4) is 0 Å². The first-order valence-corrected chi connectivity index (χ1v) is 7.51. The molecule has 0 radical (unpaired) electrons. The number of nitrogens with zero attached hydrogens (tertiary/aromatic N) is 2. The first-order valence-electron chi connectivity index (χ1n) is 7.51. The van der Waals surface area contributed by atoms with Gasteiger partial charge in [0.1, 0.15) is 5.69 Å². The fourth-order valence-corrected chi connectivity index (χ4v) is 2.98. The van der Waals surface area contributed by atoms with Gasteiger partial charge in [0, 0.05) is 12.0 Å². The molecule has 1 aromatic heterocycles. The zero-order valence-electron chi connectivity index (χ0n) is 13.3. The van der Waals surface area contributed by atoms with Crippen molar-refractivity contribution < 1.29 is 9.53 Å². The fraction of sp³-hybridized carbons (Fsp3) is 0.750. The molecule has 1 fully saturated rings. The summed E-state index contributed by atoms with van der Waals surface area (Å²) in [6.45, 7) is 8.64. The lowest BCUT2D eigenvalue weighted by Crippen LogP contribution is -2.28. The van der Waals surface area contributed by atoms with Gasteiger partial charge >= 0.3 is 0 Å². The van der Waals surface area contributed by atoms with Gasteiger partial charge in [-0.2, -0.15) is 5.10 Å². The third-order valence-corrected chi connectivity index (χ3v) is 4.41. The lowest BCUT2D eigenvalue weighted by Gasteiger charge is -2.33. The summed E-state index contributed by atoms with van der Waals surface area (Å²) in [7, 11) is 1.60. The van der Waals surface area contributed by atoms with E-state index in [1.165, 1.54) is 0 Å². The van der Waals surface area contributed by atoms with Gasteiger partial charge in [-0.15, -0.1) is 0 Å². The summed E-state index contributed by atoms with van der Waals surface area (Å²) in [5.74, 6) is 0.920. The highest BCUT2D eigenvalue weighted by atomic mass is 16.5. The quantitative estimate of drug-likeness (QED) is 0.785. The van der Waals surface area contributed by atoms with Crippen molar-refractivity contribution in [2.24, 2.45) is 11.3 Å².